The van der Waals surface area contributed by atoms with E-state index in [2.05, 4.69) is 28.8 Å². The molecular weight excluding hydrogens is 194 g/mol. The standard InChI is InChI=1S/C7H6NS3/c1-9-5-2-3-6-7(4-5)10-11-8-6/h2-4H,1H3/q+1. The van der Waals surface area contributed by atoms with Crippen molar-refractivity contribution in [1.29, 1.82) is 0 Å². The molecule has 2 rings (SSSR count). The fraction of sp³-hybridized carbons (Fsp3) is 0.143. The summed E-state index contributed by atoms with van der Waals surface area (Å²) in [6, 6.07) is 6.38. The summed E-state index contributed by atoms with van der Waals surface area (Å²) >= 11 is 1.77. The van der Waals surface area contributed by atoms with Gasteiger partial charge in [0.15, 0.2) is 0 Å². The van der Waals surface area contributed by atoms with E-state index in [1.165, 1.54) is 9.60 Å². The summed E-state index contributed by atoms with van der Waals surface area (Å²) in [5.74, 6) is 0. The Labute approximate surface area is 76.6 Å². The van der Waals surface area contributed by atoms with Gasteiger partial charge in [-0.1, -0.05) is 0 Å². The maximum absolute atomic E-state index is 4.25. The average Bonchev–Trinajstić information content (AvgIpc) is 2.50. The molecule has 1 heterocycles. The normalized spacial score (nSPS) is 10.6. The average molecular weight is 200 g/mol. The van der Waals surface area contributed by atoms with E-state index in [1.54, 1.807) is 32.6 Å². The lowest BCUT2D eigenvalue weighted by Crippen LogP contribution is -1.68. The third kappa shape index (κ3) is 1.38. The summed E-state index contributed by atoms with van der Waals surface area (Å²) < 4.78 is 5.54. The number of thioether (sulfide) groups is 1. The molecular formula is C7H6NS3+. The van der Waals surface area contributed by atoms with E-state index in [1.807, 2.05) is 0 Å². The maximum Gasteiger partial charge on any atom is 0.323 e. The number of hydrogen-bond donors (Lipinski definition) is 0. The van der Waals surface area contributed by atoms with Crippen LogP contribution >= 0.6 is 32.6 Å². The van der Waals surface area contributed by atoms with Crippen LogP contribution in [-0.4, -0.2) is 10.6 Å². The molecule has 0 saturated heterocycles. The van der Waals surface area contributed by atoms with Crippen molar-refractivity contribution >= 4 is 42.9 Å². The van der Waals surface area contributed by atoms with Crippen molar-refractivity contribution in [2.24, 2.45) is 0 Å². The third-order valence-corrected chi connectivity index (χ3v) is 3.99. The Morgan fingerprint density at radius 3 is 3.27 bits per heavy atom. The molecule has 0 N–H and O–H groups in total. The molecule has 0 bridgehead atoms. The van der Waals surface area contributed by atoms with Gasteiger partial charge in [-0.3, -0.25) is 0 Å². The van der Waals surface area contributed by atoms with Gasteiger partial charge in [-0.2, -0.15) is 0 Å². The fourth-order valence-electron chi connectivity index (χ4n) is 0.863. The van der Waals surface area contributed by atoms with Crippen LogP contribution in [0.15, 0.2) is 23.1 Å². The Balaban J connectivity index is 2.67. The van der Waals surface area contributed by atoms with Gasteiger partial charge >= 0.3 is 10.3 Å². The minimum absolute atomic E-state index is 1.12. The smallest absolute Gasteiger partial charge is 0.135 e. The van der Waals surface area contributed by atoms with Crippen molar-refractivity contribution < 1.29 is 0 Å². The van der Waals surface area contributed by atoms with E-state index in [9.17, 15) is 0 Å². The van der Waals surface area contributed by atoms with E-state index in [0.717, 1.165) is 5.52 Å². The molecule has 0 unspecified atom stereocenters. The molecule has 0 saturated carbocycles. The fourth-order valence-corrected chi connectivity index (χ4v) is 3.16. The summed E-state index contributed by atoms with van der Waals surface area (Å²) in [4.78, 5) is 1.31. The van der Waals surface area contributed by atoms with Crippen molar-refractivity contribution in [3.63, 3.8) is 0 Å². The largest absolute Gasteiger partial charge is 0.323 e. The highest BCUT2D eigenvalue weighted by molar-refractivity contribution is 7.98. The highest BCUT2D eigenvalue weighted by Gasteiger charge is 2.08. The lowest BCUT2D eigenvalue weighted by Gasteiger charge is -1.88. The van der Waals surface area contributed by atoms with Gasteiger partial charge in [0.2, 0.25) is 0 Å². The zero-order chi connectivity index (χ0) is 7.68. The first-order valence-electron chi connectivity index (χ1n) is 3.13. The molecule has 4 heteroatoms. The van der Waals surface area contributed by atoms with Gasteiger partial charge in [-0.05, 0) is 18.4 Å². The second-order valence-corrected chi connectivity index (χ2v) is 4.85. The molecule has 0 amide bonds. The molecule has 1 aromatic heterocycles. The van der Waals surface area contributed by atoms with E-state index in [0.29, 0.717) is 0 Å². The Hall–Kier alpha value is -0.190. The zero-order valence-electron chi connectivity index (χ0n) is 5.90. The van der Waals surface area contributed by atoms with E-state index < -0.39 is 0 Å². The molecule has 0 aliphatic rings. The SMILES string of the molecule is CSc1ccc2ns[s+]c2c1. The Morgan fingerprint density at radius 2 is 2.45 bits per heavy atom. The van der Waals surface area contributed by atoms with Gasteiger partial charge in [0, 0.05) is 11.0 Å². The van der Waals surface area contributed by atoms with Crippen LogP contribution in [-0.2, 0) is 0 Å². The van der Waals surface area contributed by atoms with Crippen LogP contribution < -0.4 is 0 Å². The first-order valence-corrected chi connectivity index (χ1v) is 6.46. The first-order chi connectivity index (χ1) is 5.40. The highest BCUT2D eigenvalue weighted by Crippen LogP contribution is 2.26. The van der Waals surface area contributed by atoms with Gasteiger partial charge in [-0.15, -0.1) is 16.1 Å². The minimum Gasteiger partial charge on any atom is -0.135 e. The van der Waals surface area contributed by atoms with Crippen LogP contribution in [0.5, 0.6) is 0 Å². The lowest BCUT2D eigenvalue weighted by atomic mass is 10.3. The number of hydrogen-bond acceptors (Lipinski definition) is 3. The summed E-state index contributed by atoms with van der Waals surface area (Å²) in [6.07, 6.45) is 2.09. The molecule has 0 fully saturated rings. The second kappa shape index (κ2) is 3.05. The van der Waals surface area contributed by atoms with Gasteiger partial charge in [0.25, 0.3) is 15.2 Å². The van der Waals surface area contributed by atoms with E-state index in [-0.39, 0.29) is 0 Å². The second-order valence-electron chi connectivity index (χ2n) is 2.08. The molecule has 0 radical (unpaired) electrons. The van der Waals surface area contributed by atoms with Crippen LogP contribution in [0.3, 0.4) is 0 Å². The van der Waals surface area contributed by atoms with Crippen LogP contribution in [0.2, 0.25) is 0 Å². The molecule has 0 spiro atoms. The molecule has 0 aliphatic heterocycles. The number of rotatable bonds is 1. The van der Waals surface area contributed by atoms with Gasteiger partial charge in [0.1, 0.15) is 5.52 Å². The molecule has 0 atom stereocenters. The Kier molecular flexibility index (Phi) is 2.07. The van der Waals surface area contributed by atoms with E-state index >= 15 is 0 Å². The van der Waals surface area contributed by atoms with E-state index in [4.69, 9.17) is 0 Å². The van der Waals surface area contributed by atoms with Gasteiger partial charge < -0.3 is 0 Å². The predicted octanol–water partition coefficient (Wildman–Crippen LogP) is 3.36. The molecule has 2 aromatic rings. The van der Waals surface area contributed by atoms with Crippen molar-refractivity contribution in [2.75, 3.05) is 6.26 Å². The van der Waals surface area contributed by atoms with Gasteiger partial charge in [-0.25, -0.2) is 0 Å². The van der Waals surface area contributed by atoms with Crippen LogP contribution in [0.4, 0.5) is 0 Å². The molecule has 56 valence electrons. The molecule has 1 aromatic carbocycles. The van der Waals surface area contributed by atoms with Crippen LogP contribution in [0.25, 0.3) is 10.2 Å². The van der Waals surface area contributed by atoms with Crippen LogP contribution in [0.1, 0.15) is 0 Å². The zero-order valence-corrected chi connectivity index (χ0v) is 8.35. The molecule has 11 heavy (non-hydrogen) atoms. The lowest BCUT2D eigenvalue weighted by molar-refractivity contribution is 1.51. The number of fused-ring (bicyclic) bond motifs is 1. The molecule has 0 aliphatic carbocycles. The topological polar surface area (TPSA) is 12.9 Å². The summed E-state index contributed by atoms with van der Waals surface area (Å²) in [5.41, 5.74) is 1.12. The van der Waals surface area contributed by atoms with Crippen LogP contribution in [0, 0.1) is 0 Å². The number of nitrogens with zero attached hydrogens (tertiary/aromatic N) is 1. The van der Waals surface area contributed by atoms with Crippen molar-refractivity contribution in [3.8, 4) is 0 Å². The number of aromatic nitrogens is 1. The monoisotopic (exact) mass is 200 g/mol. The van der Waals surface area contributed by atoms with Crippen molar-refractivity contribution in [2.45, 2.75) is 4.90 Å². The van der Waals surface area contributed by atoms with Gasteiger partial charge in [0.05, 0.1) is 0 Å². The first kappa shape index (κ1) is 7.46. The van der Waals surface area contributed by atoms with Crippen molar-refractivity contribution in [1.82, 2.24) is 4.37 Å². The summed E-state index contributed by atoms with van der Waals surface area (Å²) in [5, 5.41) is 0. The minimum atomic E-state index is 1.12. The quantitative estimate of drug-likeness (QED) is 0.398. The van der Waals surface area contributed by atoms with Crippen molar-refractivity contribution in [3.05, 3.63) is 18.2 Å². The predicted molar refractivity (Wildman–Crippen MR) is 53.7 cm³/mol. The molecule has 1 nitrogen and oxygen atoms in total. The Morgan fingerprint density at radius 1 is 1.55 bits per heavy atom. The maximum atomic E-state index is 4.25. The highest BCUT2D eigenvalue weighted by atomic mass is 32.9. The number of benzene rings is 1. The summed E-state index contributed by atoms with van der Waals surface area (Å²) in [7, 11) is 3.29. The third-order valence-electron chi connectivity index (χ3n) is 1.43. The Bertz CT molecular complexity index is 368. The summed E-state index contributed by atoms with van der Waals surface area (Å²) in [6.45, 7) is 0.